The average Bonchev–Trinajstić information content (AvgIpc) is 3.18. The summed E-state index contributed by atoms with van der Waals surface area (Å²) in [5, 5.41) is 5.42. The fourth-order valence-electron chi connectivity index (χ4n) is 4.55. The van der Waals surface area contributed by atoms with E-state index in [1.54, 1.807) is 4.68 Å². The van der Waals surface area contributed by atoms with E-state index in [-0.39, 0.29) is 17.2 Å². The molecule has 0 aliphatic carbocycles. The molecule has 3 aromatic rings. The van der Waals surface area contributed by atoms with Crippen molar-refractivity contribution < 1.29 is 14.3 Å². The summed E-state index contributed by atoms with van der Waals surface area (Å²) in [6.45, 7) is 9.19. The van der Waals surface area contributed by atoms with Crippen molar-refractivity contribution in [3.05, 3.63) is 53.5 Å². The van der Waals surface area contributed by atoms with Crippen molar-refractivity contribution in [2.75, 3.05) is 13.1 Å². The summed E-state index contributed by atoms with van der Waals surface area (Å²) in [5.74, 6) is 0.588. The molecule has 1 spiro atoms. The Morgan fingerprint density at radius 3 is 2.59 bits per heavy atom. The molecule has 2 aliphatic heterocycles. The summed E-state index contributed by atoms with van der Waals surface area (Å²) in [6.07, 6.45) is 3.39. The highest BCUT2D eigenvalue weighted by Crippen LogP contribution is 2.40. The second-order valence-electron chi connectivity index (χ2n) is 9.99. The van der Waals surface area contributed by atoms with E-state index in [1.165, 1.54) is 0 Å². The van der Waals surface area contributed by atoms with Gasteiger partial charge in [0.05, 0.1) is 23.7 Å². The van der Waals surface area contributed by atoms with Crippen LogP contribution >= 0.6 is 0 Å². The summed E-state index contributed by atoms with van der Waals surface area (Å²) in [7, 11) is 0. The van der Waals surface area contributed by atoms with Gasteiger partial charge in [0, 0.05) is 42.6 Å². The van der Waals surface area contributed by atoms with Crippen LogP contribution < -0.4 is 4.74 Å². The number of aromatic nitrogens is 3. The number of Topliss-reactive ketones (excluding diaryl/α,β-unsaturated/α-hetero) is 1. The molecule has 1 saturated heterocycles. The number of likely N-dealkylation sites (tertiary alicyclic amines) is 1. The molecule has 0 saturated carbocycles. The number of hydrogen-bond acceptors (Lipinski definition) is 5. The van der Waals surface area contributed by atoms with E-state index < -0.39 is 5.60 Å². The van der Waals surface area contributed by atoms with Gasteiger partial charge >= 0.3 is 0 Å². The molecule has 1 fully saturated rings. The number of aryl methyl sites for hydroxylation is 1. The van der Waals surface area contributed by atoms with Crippen LogP contribution in [0.5, 0.6) is 5.75 Å². The van der Waals surface area contributed by atoms with Crippen molar-refractivity contribution in [3.8, 4) is 5.75 Å². The smallest absolute Gasteiger partial charge is 0.253 e. The summed E-state index contributed by atoms with van der Waals surface area (Å²) in [6, 6.07) is 9.60. The zero-order chi connectivity index (χ0) is 22.7. The maximum Gasteiger partial charge on any atom is 0.253 e. The first kappa shape index (κ1) is 20.7. The molecule has 32 heavy (non-hydrogen) atoms. The molecule has 1 aromatic carbocycles. The maximum absolute atomic E-state index is 13.1. The third-order valence-electron chi connectivity index (χ3n) is 6.48. The molecule has 1 amide bonds. The fourth-order valence-corrected chi connectivity index (χ4v) is 4.55. The largest absolute Gasteiger partial charge is 0.483 e. The minimum Gasteiger partial charge on any atom is -0.483 e. The molecule has 2 aromatic heterocycles. The molecule has 2 aliphatic rings. The Labute approximate surface area is 187 Å². The van der Waals surface area contributed by atoms with Crippen LogP contribution in [-0.2, 0) is 5.54 Å². The Kier molecular flexibility index (Phi) is 4.62. The topological polar surface area (TPSA) is 77.3 Å². The highest BCUT2D eigenvalue weighted by atomic mass is 16.5. The number of carbonyl (C=O) groups is 2. The van der Waals surface area contributed by atoms with Gasteiger partial charge in [-0.2, -0.15) is 5.10 Å². The number of nitrogens with zero attached hydrogens (tertiary/aromatic N) is 4. The van der Waals surface area contributed by atoms with Crippen LogP contribution in [0.2, 0.25) is 0 Å². The second-order valence-corrected chi connectivity index (χ2v) is 9.99. The first-order valence-electron chi connectivity index (χ1n) is 11.1. The average molecular weight is 433 g/mol. The van der Waals surface area contributed by atoms with E-state index in [0.29, 0.717) is 49.4 Å². The van der Waals surface area contributed by atoms with Gasteiger partial charge in [-0.15, -0.1) is 0 Å². The molecule has 4 heterocycles. The Morgan fingerprint density at radius 2 is 1.88 bits per heavy atom. The summed E-state index contributed by atoms with van der Waals surface area (Å²) in [4.78, 5) is 32.3. The Hall–Kier alpha value is -3.22. The molecular formula is C25H28N4O3. The van der Waals surface area contributed by atoms with Crippen molar-refractivity contribution in [3.63, 3.8) is 0 Å². The maximum atomic E-state index is 13.1. The quantitative estimate of drug-likeness (QED) is 0.578. The molecule has 0 bridgehead atoms. The van der Waals surface area contributed by atoms with E-state index in [9.17, 15) is 9.59 Å². The zero-order valence-electron chi connectivity index (χ0n) is 19.0. The molecule has 0 radical (unpaired) electrons. The van der Waals surface area contributed by atoms with Gasteiger partial charge in [-0.05, 0) is 52.0 Å². The van der Waals surface area contributed by atoms with E-state index in [0.717, 1.165) is 16.6 Å². The SMILES string of the molecule is Cc1ccc2cc(C(=O)N3CCC4(CC3)CC(=O)c3nn(C(C)(C)C)cc3O4)ccc2n1. The van der Waals surface area contributed by atoms with E-state index in [2.05, 4.69) is 10.1 Å². The molecule has 0 unspecified atom stereocenters. The van der Waals surface area contributed by atoms with Crippen LogP contribution in [0.4, 0.5) is 0 Å². The lowest BCUT2D eigenvalue weighted by Crippen LogP contribution is -2.52. The second kappa shape index (κ2) is 7.15. The van der Waals surface area contributed by atoms with Gasteiger partial charge < -0.3 is 9.64 Å². The number of benzene rings is 1. The molecule has 166 valence electrons. The highest BCUT2D eigenvalue weighted by Gasteiger charge is 2.45. The fraction of sp³-hybridized carbons (Fsp3) is 0.440. The Morgan fingerprint density at radius 1 is 1.12 bits per heavy atom. The number of piperidine rings is 1. The molecular weight excluding hydrogens is 404 g/mol. The minimum atomic E-state index is -0.558. The normalized spacial score (nSPS) is 18.0. The third kappa shape index (κ3) is 3.55. The lowest BCUT2D eigenvalue weighted by molar-refractivity contribution is -0.00585. The molecule has 7 heteroatoms. The summed E-state index contributed by atoms with van der Waals surface area (Å²) < 4.78 is 8.15. The van der Waals surface area contributed by atoms with Crippen LogP contribution in [0.25, 0.3) is 10.9 Å². The molecule has 5 rings (SSSR count). The third-order valence-corrected chi connectivity index (χ3v) is 6.48. The monoisotopic (exact) mass is 432 g/mol. The van der Waals surface area contributed by atoms with Crippen LogP contribution in [0.3, 0.4) is 0 Å². The lowest BCUT2D eigenvalue weighted by Gasteiger charge is -2.43. The Balaban J connectivity index is 1.31. The van der Waals surface area contributed by atoms with Crippen LogP contribution in [0.1, 0.15) is 66.6 Å². The number of pyridine rings is 1. The summed E-state index contributed by atoms with van der Waals surface area (Å²) in [5.41, 5.74) is 2.14. The van der Waals surface area contributed by atoms with E-state index >= 15 is 0 Å². The standard InChI is InChI=1S/C25H28N4O3/c1-16-5-6-17-13-18(7-8-19(17)26-16)23(31)28-11-9-25(10-12-28)14-20(30)22-21(32-25)15-29(27-22)24(2,3)4/h5-8,13,15H,9-12,14H2,1-4H3. The van der Waals surface area contributed by atoms with E-state index in [4.69, 9.17) is 4.74 Å². The highest BCUT2D eigenvalue weighted by molar-refractivity contribution is 5.99. The van der Waals surface area contributed by atoms with Crippen molar-refractivity contribution >= 4 is 22.6 Å². The number of amides is 1. The van der Waals surface area contributed by atoms with Crippen molar-refractivity contribution in [2.45, 2.75) is 58.1 Å². The lowest BCUT2D eigenvalue weighted by atomic mass is 9.83. The molecule has 7 nitrogen and oxygen atoms in total. The van der Waals surface area contributed by atoms with Gasteiger partial charge in [0.1, 0.15) is 5.60 Å². The number of rotatable bonds is 1. The van der Waals surface area contributed by atoms with Crippen molar-refractivity contribution in [1.82, 2.24) is 19.7 Å². The number of ether oxygens (including phenoxy) is 1. The Bertz CT molecular complexity index is 1230. The van der Waals surface area contributed by atoms with Gasteiger partial charge in [-0.25, -0.2) is 0 Å². The number of fused-ring (bicyclic) bond motifs is 2. The molecule has 0 N–H and O–H groups in total. The van der Waals surface area contributed by atoms with Crippen LogP contribution in [-0.4, -0.2) is 50.0 Å². The first-order chi connectivity index (χ1) is 15.1. The number of hydrogen-bond donors (Lipinski definition) is 0. The van der Waals surface area contributed by atoms with Gasteiger partial charge in [0.15, 0.2) is 17.2 Å². The van der Waals surface area contributed by atoms with Crippen LogP contribution in [0, 0.1) is 6.92 Å². The van der Waals surface area contributed by atoms with Gasteiger partial charge in [0.2, 0.25) is 0 Å². The predicted octanol–water partition coefficient (Wildman–Crippen LogP) is 4.13. The summed E-state index contributed by atoms with van der Waals surface area (Å²) >= 11 is 0. The van der Waals surface area contributed by atoms with E-state index in [1.807, 2.05) is 69.1 Å². The van der Waals surface area contributed by atoms with Crippen molar-refractivity contribution in [1.29, 1.82) is 0 Å². The molecule has 0 atom stereocenters. The number of carbonyl (C=O) groups excluding carboxylic acids is 2. The van der Waals surface area contributed by atoms with Gasteiger partial charge in [-0.1, -0.05) is 6.07 Å². The van der Waals surface area contributed by atoms with Crippen molar-refractivity contribution in [2.24, 2.45) is 0 Å². The van der Waals surface area contributed by atoms with Gasteiger partial charge in [0.25, 0.3) is 5.91 Å². The first-order valence-corrected chi connectivity index (χ1v) is 11.1. The minimum absolute atomic E-state index is 0.00528. The van der Waals surface area contributed by atoms with Crippen LogP contribution in [0.15, 0.2) is 36.5 Å². The number of ketones is 1. The predicted molar refractivity (Wildman–Crippen MR) is 121 cm³/mol. The van der Waals surface area contributed by atoms with Gasteiger partial charge in [-0.3, -0.25) is 19.3 Å². The zero-order valence-corrected chi connectivity index (χ0v) is 19.0.